The molecular weight excluding hydrogens is 250 g/mol. The fourth-order valence-corrected chi connectivity index (χ4v) is 0.123. The second kappa shape index (κ2) is 18.6. The van der Waals surface area contributed by atoms with Crippen molar-refractivity contribution in [1.82, 2.24) is 0 Å². The molecule has 8 heteroatoms. The summed E-state index contributed by atoms with van der Waals surface area (Å²) in [4.78, 5) is 27.5. The maximum atomic E-state index is 9.52. The van der Waals surface area contributed by atoms with Crippen LogP contribution in [0.3, 0.4) is 0 Å². The summed E-state index contributed by atoms with van der Waals surface area (Å²) >= 11 is 0. The van der Waals surface area contributed by atoms with Gasteiger partial charge < -0.3 is 21.1 Å². The summed E-state index contributed by atoms with van der Waals surface area (Å²) in [5, 5.41) is 22.7. The average molecular weight is 265 g/mol. The standard InChI is InChI=1S/C3H7NO2.2C2H4O2.Fe/c4-2-1-3(5)6;2*1-2(3)4;/h1-2,4H2,(H,5,6);2*1H3,(H,3,4);/q;;;+3. The zero-order valence-electron chi connectivity index (χ0n) is 8.41. The van der Waals surface area contributed by atoms with E-state index in [4.69, 9.17) is 30.6 Å². The van der Waals surface area contributed by atoms with E-state index in [2.05, 4.69) is 0 Å². The normalized spacial score (nSPS) is 6.60. The van der Waals surface area contributed by atoms with Gasteiger partial charge in [0.05, 0.1) is 6.42 Å². The quantitative estimate of drug-likeness (QED) is 0.498. The summed E-state index contributed by atoms with van der Waals surface area (Å²) < 4.78 is 0. The summed E-state index contributed by atoms with van der Waals surface area (Å²) in [6.45, 7) is 2.40. The first-order chi connectivity index (χ1) is 6.23. The SMILES string of the molecule is CC(=O)O.CC(=O)O.NCCC(=O)O.[Fe+3]. The molecule has 0 amide bonds. The van der Waals surface area contributed by atoms with Gasteiger partial charge in [0.1, 0.15) is 0 Å². The molecule has 0 aromatic rings. The van der Waals surface area contributed by atoms with Crippen LogP contribution in [-0.4, -0.2) is 39.8 Å². The Morgan fingerprint density at radius 2 is 1.20 bits per heavy atom. The Balaban J connectivity index is -0.0000000606. The van der Waals surface area contributed by atoms with E-state index >= 15 is 0 Å². The van der Waals surface area contributed by atoms with Crippen LogP contribution in [0.25, 0.3) is 0 Å². The van der Waals surface area contributed by atoms with Gasteiger partial charge in [-0.15, -0.1) is 0 Å². The Labute approximate surface area is 97.7 Å². The number of carboxylic acid groups (broad SMARTS) is 3. The molecule has 0 bridgehead atoms. The first-order valence-corrected chi connectivity index (χ1v) is 3.54. The minimum Gasteiger partial charge on any atom is -0.481 e. The van der Waals surface area contributed by atoms with Gasteiger partial charge in [0.15, 0.2) is 0 Å². The third-order valence-corrected chi connectivity index (χ3v) is 0.358. The molecule has 0 rings (SSSR count). The van der Waals surface area contributed by atoms with E-state index in [1.807, 2.05) is 0 Å². The van der Waals surface area contributed by atoms with E-state index in [9.17, 15) is 4.79 Å². The van der Waals surface area contributed by atoms with Gasteiger partial charge in [0.2, 0.25) is 0 Å². The van der Waals surface area contributed by atoms with Gasteiger partial charge in [0.25, 0.3) is 11.9 Å². The van der Waals surface area contributed by atoms with E-state index in [1.165, 1.54) is 0 Å². The van der Waals surface area contributed by atoms with Gasteiger partial charge in [-0.1, -0.05) is 0 Å². The predicted molar refractivity (Wildman–Crippen MR) is 47.9 cm³/mol. The number of carboxylic acids is 3. The maximum absolute atomic E-state index is 9.52. The van der Waals surface area contributed by atoms with Gasteiger partial charge in [-0.25, -0.2) is 0 Å². The van der Waals surface area contributed by atoms with E-state index < -0.39 is 17.9 Å². The third kappa shape index (κ3) is 428. The fourth-order valence-electron chi connectivity index (χ4n) is 0.123. The molecule has 15 heavy (non-hydrogen) atoms. The Morgan fingerprint density at radius 1 is 1.00 bits per heavy atom. The molecule has 0 saturated carbocycles. The number of hydrogen-bond acceptors (Lipinski definition) is 4. The molecule has 0 atom stereocenters. The van der Waals surface area contributed by atoms with E-state index in [1.54, 1.807) is 0 Å². The van der Waals surface area contributed by atoms with Crippen LogP contribution in [0.4, 0.5) is 0 Å². The van der Waals surface area contributed by atoms with Crippen LogP contribution in [0.2, 0.25) is 0 Å². The van der Waals surface area contributed by atoms with Crippen LogP contribution in [0.5, 0.6) is 0 Å². The van der Waals surface area contributed by atoms with Crippen molar-refractivity contribution in [1.29, 1.82) is 0 Å². The van der Waals surface area contributed by atoms with Crippen molar-refractivity contribution < 1.29 is 46.8 Å². The van der Waals surface area contributed by atoms with Crippen molar-refractivity contribution in [3.63, 3.8) is 0 Å². The van der Waals surface area contributed by atoms with Crippen molar-refractivity contribution in [2.24, 2.45) is 5.73 Å². The molecule has 7 nitrogen and oxygen atoms in total. The first kappa shape index (κ1) is 23.6. The Bertz CT molecular complexity index is 164. The Kier molecular flexibility index (Phi) is 29.3. The summed E-state index contributed by atoms with van der Waals surface area (Å²) in [5.74, 6) is -2.50. The van der Waals surface area contributed by atoms with Crippen LogP contribution >= 0.6 is 0 Å². The monoisotopic (exact) mass is 265 g/mol. The molecule has 0 fully saturated rings. The zero-order valence-corrected chi connectivity index (χ0v) is 9.52. The van der Waals surface area contributed by atoms with Crippen molar-refractivity contribution in [3.05, 3.63) is 0 Å². The van der Waals surface area contributed by atoms with Crippen LogP contribution < -0.4 is 5.73 Å². The topological polar surface area (TPSA) is 138 Å². The molecule has 0 aliphatic carbocycles. The molecule has 0 unspecified atom stereocenters. The van der Waals surface area contributed by atoms with E-state index in [0.29, 0.717) is 0 Å². The smallest absolute Gasteiger partial charge is 0.481 e. The molecule has 0 heterocycles. The Hall–Kier alpha value is -1.11. The largest absolute Gasteiger partial charge is 3.00 e. The van der Waals surface area contributed by atoms with Crippen molar-refractivity contribution in [2.75, 3.05) is 6.54 Å². The summed E-state index contributed by atoms with van der Waals surface area (Å²) in [6.07, 6.45) is 0.0694. The second-order valence-corrected chi connectivity index (χ2v) is 1.97. The van der Waals surface area contributed by atoms with Crippen molar-refractivity contribution >= 4 is 17.9 Å². The molecule has 0 saturated heterocycles. The van der Waals surface area contributed by atoms with Crippen molar-refractivity contribution in [2.45, 2.75) is 20.3 Å². The van der Waals surface area contributed by atoms with E-state index in [0.717, 1.165) is 13.8 Å². The molecule has 89 valence electrons. The zero-order chi connectivity index (χ0) is 12.1. The Morgan fingerprint density at radius 3 is 1.20 bits per heavy atom. The first-order valence-electron chi connectivity index (χ1n) is 3.54. The maximum Gasteiger partial charge on any atom is 3.00 e. The minimum atomic E-state index is -0.836. The number of hydrogen-bond donors (Lipinski definition) is 4. The fraction of sp³-hybridized carbons (Fsp3) is 0.571. The summed E-state index contributed by atoms with van der Waals surface area (Å²) in [7, 11) is 0. The van der Waals surface area contributed by atoms with Crippen LogP contribution in [0, 0.1) is 0 Å². The molecule has 0 aromatic heterocycles. The molecule has 0 aromatic carbocycles. The number of rotatable bonds is 2. The molecule has 0 aliphatic rings. The molecule has 5 N–H and O–H groups in total. The van der Waals surface area contributed by atoms with Gasteiger partial charge in [-0.3, -0.25) is 14.4 Å². The predicted octanol–water partition coefficient (Wildman–Crippen LogP) is -0.401. The van der Waals surface area contributed by atoms with Crippen molar-refractivity contribution in [3.8, 4) is 0 Å². The van der Waals surface area contributed by atoms with Crippen LogP contribution in [0.15, 0.2) is 0 Å². The molecule has 0 spiro atoms. The van der Waals surface area contributed by atoms with Gasteiger partial charge in [-0.2, -0.15) is 0 Å². The average Bonchev–Trinajstić information content (AvgIpc) is 1.82. The van der Waals surface area contributed by atoms with Gasteiger partial charge in [-0.05, 0) is 0 Å². The molecule has 0 aliphatic heterocycles. The van der Waals surface area contributed by atoms with E-state index in [-0.39, 0.29) is 30.0 Å². The van der Waals surface area contributed by atoms with Gasteiger partial charge in [0, 0.05) is 20.4 Å². The molecular formula is C7H15FeNO6+3. The number of nitrogens with two attached hydrogens (primary N) is 1. The number of carbonyl (C=O) groups is 3. The molecule has 1 radical (unpaired) electrons. The number of aliphatic carboxylic acids is 3. The second-order valence-electron chi connectivity index (χ2n) is 1.97. The third-order valence-electron chi connectivity index (χ3n) is 0.358. The van der Waals surface area contributed by atoms with Crippen LogP contribution in [0.1, 0.15) is 20.3 Å². The minimum absolute atomic E-state index is 0. The van der Waals surface area contributed by atoms with Crippen LogP contribution in [-0.2, 0) is 31.5 Å². The summed E-state index contributed by atoms with van der Waals surface area (Å²) in [6, 6.07) is 0. The van der Waals surface area contributed by atoms with Gasteiger partial charge >= 0.3 is 23.0 Å². The summed E-state index contributed by atoms with van der Waals surface area (Å²) in [5.41, 5.74) is 4.85.